The van der Waals surface area contributed by atoms with Crippen molar-refractivity contribution in [2.24, 2.45) is 5.92 Å². The van der Waals surface area contributed by atoms with Crippen LogP contribution in [0, 0.1) is 17.6 Å². The van der Waals surface area contributed by atoms with Gasteiger partial charge in [0.25, 0.3) is 0 Å². The largest absolute Gasteiger partial charge is 0.476 e. The first kappa shape index (κ1) is 11.6. The van der Waals surface area contributed by atoms with Crippen molar-refractivity contribution >= 4 is 5.97 Å². The van der Waals surface area contributed by atoms with Crippen LogP contribution in [-0.4, -0.2) is 20.9 Å². The van der Waals surface area contributed by atoms with Crippen molar-refractivity contribution in [1.29, 1.82) is 0 Å². The molecule has 2 aliphatic rings. The van der Waals surface area contributed by atoms with Gasteiger partial charge in [0.1, 0.15) is 11.5 Å². The van der Waals surface area contributed by atoms with Crippen molar-refractivity contribution in [3.8, 4) is 5.69 Å². The summed E-state index contributed by atoms with van der Waals surface area (Å²) in [6.07, 6.45) is 1.67. The average molecular weight is 276 g/mol. The molecule has 4 nitrogen and oxygen atoms in total. The van der Waals surface area contributed by atoms with Gasteiger partial charge in [-0.25, -0.2) is 18.3 Å². The summed E-state index contributed by atoms with van der Waals surface area (Å²) in [6.45, 7) is 0. The van der Waals surface area contributed by atoms with Gasteiger partial charge in [0.05, 0.1) is 5.69 Å². The maximum absolute atomic E-state index is 13.9. The molecule has 2 aliphatic carbocycles. The maximum Gasteiger partial charge on any atom is 0.356 e. The Morgan fingerprint density at radius 1 is 1.40 bits per heavy atom. The van der Waals surface area contributed by atoms with Gasteiger partial charge in [-0.3, -0.25) is 0 Å². The number of fused-ring (bicyclic) bond motifs is 3. The zero-order valence-electron chi connectivity index (χ0n) is 10.3. The fourth-order valence-electron chi connectivity index (χ4n) is 3.12. The minimum Gasteiger partial charge on any atom is -0.476 e. The van der Waals surface area contributed by atoms with Crippen LogP contribution in [0.4, 0.5) is 8.78 Å². The lowest BCUT2D eigenvalue weighted by Crippen LogP contribution is -2.06. The minimum atomic E-state index is -1.11. The monoisotopic (exact) mass is 276 g/mol. The topological polar surface area (TPSA) is 55.1 Å². The summed E-state index contributed by atoms with van der Waals surface area (Å²) in [4.78, 5) is 11.2. The predicted octanol–water partition coefficient (Wildman–Crippen LogP) is 2.51. The van der Waals surface area contributed by atoms with Crippen LogP contribution in [-0.2, 0) is 6.42 Å². The number of hydrogen-bond acceptors (Lipinski definition) is 2. The second kappa shape index (κ2) is 3.65. The van der Waals surface area contributed by atoms with Crippen LogP contribution in [0.2, 0.25) is 0 Å². The van der Waals surface area contributed by atoms with Crippen molar-refractivity contribution in [2.45, 2.75) is 18.8 Å². The molecule has 0 amide bonds. The number of rotatable bonds is 2. The third-order valence-electron chi connectivity index (χ3n) is 4.10. The molecule has 1 aromatic heterocycles. The van der Waals surface area contributed by atoms with Gasteiger partial charge in [-0.15, -0.1) is 0 Å². The lowest BCUT2D eigenvalue weighted by molar-refractivity contribution is 0.0688. The highest BCUT2D eigenvalue weighted by molar-refractivity contribution is 5.88. The fourth-order valence-corrected chi connectivity index (χ4v) is 3.12. The van der Waals surface area contributed by atoms with Crippen LogP contribution in [0.5, 0.6) is 0 Å². The first-order valence-corrected chi connectivity index (χ1v) is 6.36. The first-order chi connectivity index (χ1) is 9.56. The van der Waals surface area contributed by atoms with Gasteiger partial charge in [-0.2, -0.15) is 5.10 Å². The highest BCUT2D eigenvalue weighted by atomic mass is 19.1. The predicted molar refractivity (Wildman–Crippen MR) is 65.0 cm³/mol. The van der Waals surface area contributed by atoms with E-state index in [0.29, 0.717) is 17.9 Å². The Kier molecular flexibility index (Phi) is 2.11. The van der Waals surface area contributed by atoms with Gasteiger partial charge < -0.3 is 5.11 Å². The third kappa shape index (κ3) is 1.44. The molecule has 1 fully saturated rings. The van der Waals surface area contributed by atoms with Crippen LogP contribution in [0.1, 0.15) is 34.1 Å². The van der Waals surface area contributed by atoms with Crippen LogP contribution in [0.15, 0.2) is 18.2 Å². The number of halogens is 2. The molecule has 1 saturated carbocycles. The highest BCUT2D eigenvalue weighted by Gasteiger charge is 2.50. The van der Waals surface area contributed by atoms with E-state index in [9.17, 15) is 18.7 Å². The van der Waals surface area contributed by atoms with E-state index in [1.165, 1.54) is 10.7 Å². The van der Waals surface area contributed by atoms with E-state index in [0.717, 1.165) is 24.2 Å². The normalized spacial score (nSPS) is 22.5. The second-order valence-electron chi connectivity index (χ2n) is 5.33. The molecule has 1 aromatic carbocycles. The molecule has 0 bridgehead atoms. The number of nitrogens with zero attached hydrogens (tertiary/aromatic N) is 2. The molecule has 102 valence electrons. The standard InChI is InChI=1S/C14H10F2N2O2/c15-7-1-2-11(10(16)5-7)18-13-8-3-6(8)4-9(13)12(17-18)14(19)20/h1-2,5-6,8H,3-4H2,(H,19,20). The quantitative estimate of drug-likeness (QED) is 0.917. The number of carbonyl (C=O) groups is 1. The molecule has 20 heavy (non-hydrogen) atoms. The number of hydrogen-bond donors (Lipinski definition) is 1. The van der Waals surface area contributed by atoms with Crippen molar-refractivity contribution in [3.05, 3.63) is 46.8 Å². The van der Waals surface area contributed by atoms with Crippen molar-refractivity contribution < 1.29 is 18.7 Å². The van der Waals surface area contributed by atoms with E-state index in [1.807, 2.05) is 0 Å². The Morgan fingerprint density at radius 3 is 2.90 bits per heavy atom. The lowest BCUT2D eigenvalue weighted by atomic mass is 10.1. The van der Waals surface area contributed by atoms with Gasteiger partial charge in [-0.05, 0) is 30.9 Å². The second-order valence-corrected chi connectivity index (χ2v) is 5.33. The molecule has 4 rings (SSSR count). The number of benzene rings is 1. The molecule has 2 atom stereocenters. The Balaban J connectivity index is 1.94. The van der Waals surface area contributed by atoms with Crippen LogP contribution in [0.25, 0.3) is 5.69 Å². The maximum atomic E-state index is 13.9. The lowest BCUT2D eigenvalue weighted by Gasteiger charge is -2.07. The fraction of sp³-hybridized carbons (Fsp3) is 0.286. The number of aromatic nitrogens is 2. The molecule has 1 heterocycles. The van der Waals surface area contributed by atoms with Crippen molar-refractivity contribution in [2.75, 3.05) is 0 Å². The van der Waals surface area contributed by atoms with Gasteiger partial charge in [0.15, 0.2) is 11.5 Å². The summed E-state index contributed by atoms with van der Waals surface area (Å²) in [5.74, 6) is -1.80. The van der Waals surface area contributed by atoms with E-state index >= 15 is 0 Å². The van der Waals surface area contributed by atoms with Gasteiger partial charge in [0.2, 0.25) is 0 Å². The van der Waals surface area contributed by atoms with Gasteiger partial charge in [0, 0.05) is 17.5 Å². The average Bonchev–Trinajstić information content (AvgIpc) is 2.89. The van der Waals surface area contributed by atoms with E-state index in [-0.39, 0.29) is 17.3 Å². The summed E-state index contributed by atoms with van der Waals surface area (Å²) in [6, 6.07) is 3.22. The van der Waals surface area contributed by atoms with Crippen molar-refractivity contribution in [3.63, 3.8) is 0 Å². The first-order valence-electron chi connectivity index (χ1n) is 6.36. The van der Waals surface area contributed by atoms with Crippen LogP contribution >= 0.6 is 0 Å². The van der Waals surface area contributed by atoms with E-state index in [2.05, 4.69) is 5.10 Å². The molecule has 0 radical (unpaired) electrons. The highest BCUT2D eigenvalue weighted by Crippen LogP contribution is 2.57. The number of carboxylic acids is 1. The number of carboxylic acid groups (broad SMARTS) is 1. The van der Waals surface area contributed by atoms with Gasteiger partial charge >= 0.3 is 5.97 Å². The summed E-state index contributed by atoms with van der Waals surface area (Å²) in [5.41, 5.74) is 1.55. The zero-order chi connectivity index (χ0) is 14.0. The van der Waals surface area contributed by atoms with Crippen LogP contribution < -0.4 is 0 Å². The molecule has 2 unspecified atom stereocenters. The Bertz CT molecular complexity index is 754. The van der Waals surface area contributed by atoms with Crippen molar-refractivity contribution in [1.82, 2.24) is 9.78 Å². The van der Waals surface area contributed by atoms with Gasteiger partial charge in [-0.1, -0.05) is 0 Å². The van der Waals surface area contributed by atoms with E-state index in [1.54, 1.807) is 0 Å². The molecule has 2 aromatic rings. The smallest absolute Gasteiger partial charge is 0.356 e. The third-order valence-corrected chi connectivity index (χ3v) is 4.10. The summed E-state index contributed by atoms with van der Waals surface area (Å²) in [5, 5.41) is 13.2. The summed E-state index contributed by atoms with van der Waals surface area (Å²) in [7, 11) is 0. The van der Waals surface area contributed by atoms with E-state index < -0.39 is 17.6 Å². The summed E-state index contributed by atoms with van der Waals surface area (Å²) < 4.78 is 28.2. The molecule has 1 N–H and O–H groups in total. The van der Waals surface area contributed by atoms with Crippen LogP contribution in [0.3, 0.4) is 0 Å². The minimum absolute atomic E-state index is 0.0177. The molecular formula is C14H10F2N2O2. The number of aromatic carboxylic acids is 1. The Labute approximate surface area is 112 Å². The zero-order valence-corrected chi connectivity index (χ0v) is 10.3. The molecule has 0 aliphatic heterocycles. The van der Waals surface area contributed by atoms with E-state index in [4.69, 9.17) is 0 Å². The Hall–Kier alpha value is -2.24. The molecule has 0 saturated heterocycles. The Morgan fingerprint density at radius 2 is 2.20 bits per heavy atom. The summed E-state index contributed by atoms with van der Waals surface area (Å²) >= 11 is 0. The molecular weight excluding hydrogens is 266 g/mol. The molecule has 0 spiro atoms. The molecule has 6 heteroatoms. The SMILES string of the molecule is O=C(O)c1nn(-c2ccc(F)cc2F)c2c1CC1CC21.